The molecule has 0 saturated carbocycles. The molecule has 96 valence electrons. The Morgan fingerprint density at radius 3 is 2.89 bits per heavy atom. The van der Waals surface area contributed by atoms with Gasteiger partial charge in [0, 0.05) is 11.1 Å². The lowest BCUT2D eigenvalue weighted by molar-refractivity contribution is -0.119. The number of carbonyl (C=O) groups excluding carboxylic acids is 1. The first-order chi connectivity index (χ1) is 8.22. The second-order valence-electron chi connectivity index (χ2n) is 4.39. The number of carbonyl (C=O) groups is 1. The second kappa shape index (κ2) is 5.00. The molecule has 1 fully saturated rings. The van der Waals surface area contributed by atoms with Gasteiger partial charge in [-0.05, 0) is 44.2 Å². The zero-order chi connectivity index (χ0) is 11.8. The minimum Gasteiger partial charge on any atom is -0.461 e. The molecule has 0 bridgehead atoms. The number of halogens is 1. The smallest absolute Gasteiger partial charge is 0.241 e. The van der Waals surface area contributed by atoms with Gasteiger partial charge < -0.3 is 15.1 Å². The van der Waals surface area contributed by atoms with Gasteiger partial charge >= 0.3 is 0 Å². The van der Waals surface area contributed by atoms with Crippen LogP contribution >= 0.6 is 12.4 Å². The molecule has 0 spiro atoms. The third kappa shape index (κ3) is 2.35. The molecule has 3 rings (SSSR count). The van der Waals surface area contributed by atoms with Gasteiger partial charge in [-0.1, -0.05) is 0 Å². The van der Waals surface area contributed by atoms with Crippen molar-refractivity contribution in [3.63, 3.8) is 0 Å². The molecule has 5 heteroatoms. The molecule has 18 heavy (non-hydrogen) atoms. The van der Waals surface area contributed by atoms with Crippen LogP contribution in [0.25, 0.3) is 11.0 Å². The molecule has 2 N–H and O–H groups in total. The molecule has 1 aliphatic heterocycles. The SMILES string of the molecule is Cc1cc2cc(NC(=O)C3CCN3)ccc2o1.Cl. The highest BCUT2D eigenvalue weighted by Gasteiger charge is 2.24. The van der Waals surface area contributed by atoms with E-state index in [2.05, 4.69) is 10.6 Å². The van der Waals surface area contributed by atoms with Crippen molar-refractivity contribution in [2.45, 2.75) is 19.4 Å². The summed E-state index contributed by atoms with van der Waals surface area (Å²) in [6.07, 6.45) is 0.916. The molecule has 0 radical (unpaired) electrons. The van der Waals surface area contributed by atoms with Crippen LogP contribution in [0, 0.1) is 6.92 Å². The fraction of sp³-hybridized carbons (Fsp3) is 0.308. The van der Waals surface area contributed by atoms with E-state index in [9.17, 15) is 4.79 Å². The summed E-state index contributed by atoms with van der Waals surface area (Å²) < 4.78 is 5.48. The fourth-order valence-electron chi connectivity index (χ4n) is 2.00. The zero-order valence-corrected chi connectivity index (χ0v) is 10.8. The minimum atomic E-state index is -0.0308. The number of hydrogen-bond acceptors (Lipinski definition) is 3. The molecule has 1 atom stereocenters. The predicted octanol–water partition coefficient (Wildman–Crippen LogP) is 2.46. The number of benzene rings is 1. The fourth-order valence-corrected chi connectivity index (χ4v) is 2.00. The average Bonchev–Trinajstić information content (AvgIpc) is 2.54. The number of rotatable bonds is 2. The number of furan rings is 1. The van der Waals surface area contributed by atoms with Crippen LogP contribution in [0.3, 0.4) is 0 Å². The standard InChI is InChI=1S/C13H14N2O2.ClH/c1-8-6-9-7-10(2-3-12(9)17-8)15-13(16)11-4-5-14-11;/h2-3,6-7,11,14H,4-5H2,1H3,(H,15,16);1H. The molecule has 1 aromatic carbocycles. The summed E-state index contributed by atoms with van der Waals surface area (Å²) in [5.41, 5.74) is 1.67. The van der Waals surface area contributed by atoms with E-state index in [-0.39, 0.29) is 24.4 Å². The lowest BCUT2D eigenvalue weighted by Gasteiger charge is -2.26. The topological polar surface area (TPSA) is 54.3 Å². The largest absolute Gasteiger partial charge is 0.461 e. The Morgan fingerprint density at radius 1 is 1.44 bits per heavy atom. The molecule has 1 unspecified atom stereocenters. The summed E-state index contributed by atoms with van der Waals surface area (Å²) >= 11 is 0. The summed E-state index contributed by atoms with van der Waals surface area (Å²) in [6.45, 7) is 2.84. The van der Waals surface area contributed by atoms with Crippen LogP contribution in [0.1, 0.15) is 12.2 Å². The van der Waals surface area contributed by atoms with Crippen LogP contribution in [0.5, 0.6) is 0 Å². The first kappa shape index (κ1) is 12.9. The highest BCUT2D eigenvalue weighted by molar-refractivity contribution is 5.97. The maximum Gasteiger partial charge on any atom is 0.241 e. The molecule has 2 aromatic rings. The van der Waals surface area contributed by atoms with Crippen molar-refractivity contribution in [3.8, 4) is 0 Å². The highest BCUT2D eigenvalue weighted by atomic mass is 35.5. The number of hydrogen-bond donors (Lipinski definition) is 2. The Balaban J connectivity index is 0.00000120. The van der Waals surface area contributed by atoms with E-state index in [1.807, 2.05) is 31.2 Å². The van der Waals surface area contributed by atoms with Gasteiger partial charge in [0.15, 0.2) is 0 Å². The van der Waals surface area contributed by atoms with E-state index in [0.717, 1.165) is 35.4 Å². The van der Waals surface area contributed by atoms with Crippen LogP contribution in [0.2, 0.25) is 0 Å². The van der Waals surface area contributed by atoms with E-state index >= 15 is 0 Å². The van der Waals surface area contributed by atoms with Crippen LogP contribution in [-0.4, -0.2) is 18.5 Å². The molecule has 1 aromatic heterocycles. The van der Waals surface area contributed by atoms with Gasteiger partial charge in [0.25, 0.3) is 0 Å². The van der Waals surface area contributed by atoms with Crippen molar-refractivity contribution in [1.29, 1.82) is 0 Å². The summed E-state index contributed by atoms with van der Waals surface area (Å²) in [6, 6.07) is 7.61. The molecule has 1 aliphatic rings. The number of nitrogens with one attached hydrogen (secondary N) is 2. The molecular formula is C13H15ClN2O2. The minimum absolute atomic E-state index is 0. The van der Waals surface area contributed by atoms with Crippen LogP contribution in [0.15, 0.2) is 28.7 Å². The van der Waals surface area contributed by atoms with Gasteiger partial charge in [0.1, 0.15) is 11.3 Å². The molecule has 1 amide bonds. The van der Waals surface area contributed by atoms with E-state index in [1.54, 1.807) is 0 Å². The summed E-state index contributed by atoms with van der Waals surface area (Å²) in [4.78, 5) is 11.7. The highest BCUT2D eigenvalue weighted by Crippen LogP contribution is 2.22. The predicted molar refractivity (Wildman–Crippen MR) is 73.2 cm³/mol. The van der Waals surface area contributed by atoms with Crippen molar-refractivity contribution in [3.05, 3.63) is 30.0 Å². The van der Waals surface area contributed by atoms with Gasteiger partial charge in [0.2, 0.25) is 5.91 Å². The van der Waals surface area contributed by atoms with Crippen LogP contribution < -0.4 is 10.6 Å². The Kier molecular flexibility index (Phi) is 3.59. The number of aryl methyl sites for hydroxylation is 1. The number of anilines is 1. The molecule has 2 heterocycles. The molecule has 0 aliphatic carbocycles. The molecular weight excluding hydrogens is 252 g/mol. The summed E-state index contributed by atoms with van der Waals surface area (Å²) in [5.74, 6) is 0.917. The Hall–Kier alpha value is -1.52. The van der Waals surface area contributed by atoms with Gasteiger partial charge in [-0.2, -0.15) is 0 Å². The van der Waals surface area contributed by atoms with Crippen molar-refractivity contribution >= 4 is 35.0 Å². The van der Waals surface area contributed by atoms with Crippen LogP contribution in [0.4, 0.5) is 5.69 Å². The Bertz CT molecular complexity index is 575. The lowest BCUT2D eigenvalue weighted by Crippen LogP contribution is -2.50. The van der Waals surface area contributed by atoms with Crippen LogP contribution in [-0.2, 0) is 4.79 Å². The average molecular weight is 267 g/mol. The normalized spacial score (nSPS) is 17.9. The second-order valence-corrected chi connectivity index (χ2v) is 4.39. The first-order valence-corrected chi connectivity index (χ1v) is 5.77. The van der Waals surface area contributed by atoms with Crippen molar-refractivity contribution in [2.24, 2.45) is 0 Å². The van der Waals surface area contributed by atoms with Gasteiger partial charge in [-0.25, -0.2) is 0 Å². The molecule has 1 saturated heterocycles. The van der Waals surface area contributed by atoms with E-state index in [4.69, 9.17) is 4.42 Å². The van der Waals surface area contributed by atoms with Gasteiger partial charge in [-0.15, -0.1) is 12.4 Å². The van der Waals surface area contributed by atoms with E-state index < -0.39 is 0 Å². The molecule has 4 nitrogen and oxygen atoms in total. The van der Waals surface area contributed by atoms with Crippen molar-refractivity contribution in [2.75, 3.05) is 11.9 Å². The maximum atomic E-state index is 11.7. The first-order valence-electron chi connectivity index (χ1n) is 5.77. The third-order valence-corrected chi connectivity index (χ3v) is 3.05. The van der Waals surface area contributed by atoms with Gasteiger partial charge in [-0.3, -0.25) is 4.79 Å². The van der Waals surface area contributed by atoms with Gasteiger partial charge in [0.05, 0.1) is 6.04 Å². The Morgan fingerprint density at radius 2 is 2.22 bits per heavy atom. The van der Waals surface area contributed by atoms with E-state index in [0.29, 0.717) is 0 Å². The monoisotopic (exact) mass is 266 g/mol. The quantitative estimate of drug-likeness (QED) is 0.878. The number of amides is 1. The lowest BCUT2D eigenvalue weighted by atomic mass is 10.1. The number of fused-ring (bicyclic) bond motifs is 1. The Labute approximate surface area is 111 Å². The van der Waals surface area contributed by atoms with E-state index in [1.165, 1.54) is 0 Å². The summed E-state index contributed by atoms with van der Waals surface area (Å²) in [7, 11) is 0. The third-order valence-electron chi connectivity index (χ3n) is 3.05. The summed E-state index contributed by atoms with van der Waals surface area (Å²) in [5, 5.41) is 6.99. The van der Waals surface area contributed by atoms with Crippen molar-refractivity contribution in [1.82, 2.24) is 5.32 Å². The maximum absolute atomic E-state index is 11.7. The van der Waals surface area contributed by atoms with Crippen molar-refractivity contribution < 1.29 is 9.21 Å². The zero-order valence-electron chi connectivity index (χ0n) is 10.0.